The van der Waals surface area contributed by atoms with Crippen molar-refractivity contribution in [2.24, 2.45) is 0 Å². The second-order valence-electron chi connectivity index (χ2n) is 6.85. The van der Waals surface area contributed by atoms with Gasteiger partial charge in [-0.25, -0.2) is 0 Å². The average molecular weight is 396 g/mol. The zero-order valence-corrected chi connectivity index (χ0v) is 16.2. The van der Waals surface area contributed by atoms with Gasteiger partial charge in [0.05, 0.1) is 0 Å². The fourth-order valence-electron chi connectivity index (χ4n) is 3.39. The van der Waals surface area contributed by atoms with E-state index in [0.717, 1.165) is 38.4 Å². The molecule has 144 valence electrons. The molecule has 1 aromatic heterocycles. The Kier molecular flexibility index (Phi) is 5.65. The van der Waals surface area contributed by atoms with Crippen molar-refractivity contribution in [3.63, 3.8) is 0 Å². The van der Waals surface area contributed by atoms with Gasteiger partial charge in [0.15, 0.2) is 11.0 Å². The molecule has 1 aliphatic heterocycles. The van der Waals surface area contributed by atoms with E-state index in [9.17, 15) is 4.79 Å². The van der Waals surface area contributed by atoms with E-state index in [4.69, 9.17) is 16.0 Å². The van der Waals surface area contributed by atoms with Crippen molar-refractivity contribution in [2.45, 2.75) is 6.54 Å². The van der Waals surface area contributed by atoms with Gasteiger partial charge in [0.2, 0.25) is 0 Å². The van der Waals surface area contributed by atoms with Crippen molar-refractivity contribution in [1.82, 2.24) is 4.90 Å². The van der Waals surface area contributed by atoms with E-state index in [1.807, 2.05) is 24.3 Å². The lowest BCUT2D eigenvalue weighted by Crippen LogP contribution is -2.45. The van der Waals surface area contributed by atoms with Crippen molar-refractivity contribution in [1.29, 1.82) is 0 Å². The van der Waals surface area contributed by atoms with Crippen LogP contribution < -0.4 is 10.2 Å². The van der Waals surface area contributed by atoms with Gasteiger partial charge < -0.3 is 14.6 Å². The van der Waals surface area contributed by atoms with Crippen molar-refractivity contribution >= 4 is 28.9 Å². The Bertz CT molecular complexity index is 916. The fraction of sp³-hybridized carbons (Fsp3) is 0.227. The number of hydrogen-bond acceptors (Lipinski definition) is 4. The van der Waals surface area contributed by atoms with Gasteiger partial charge in [0, 0.05) is 44.1 Å². The minimum Gasteiger partial charge on any atom is -0.440 e. The van der Waals surface area contributed by atoms with Crippen LogP contribution in [0.4, 0.5) is 11.4 Å². The summed E-state index contributed by atoms with van der Waals surface area (Å²) in [6.45, 7) is 5.04. The van der Waals surface area contributed by atoms with Gasteiger partial charge in [-0.3, -0.25) is 9.69 Å². The van der Waals surface area contributed by atoms with Gasteiger partial charge in [-0.15, -0.1) is 0 Å². The number of nitrogens with zero attached hydrogens (tertiary/aromatic N) is 2. The quantitative estimate of drug-likeness (QED) is 0.690. The van der Waals surface area contributed by atoms with E-state index in [0.29, 0.717) is 0 Å². The normalized spacial score (nSPS) is 14.8. The van der Waals surface area contributed by atoms with E-state index in [2.05, 4.69) is 45.4 Å². The predicted molar refractivity (Wildman–Crippen MR) is 112 cm³/mol. The van der Waals surface area contributed by atoms with Crippen LogP contribution in [0.1, 0.15) is 16.1 Å². The second-order valence-corrected chi connectivity index (χ2v) is 7.23. The molecule has 1 saturated heterocycles. The molecule has 5 nitrogen and oxygen atoms in total. The van der Waals surface area contributed by atoms with Crippen LogP contribution in [-0.4, -0.2) is 37.0 Å². The number of rotatable bonds is 5. The first kappa shape index (κ1) is 18.6. The van der Waals surface area contributed by atoms with E-state index >= 15 is 0 Å². The van der Waals surface area contributed by atoms with Gasteiger partial charge in [0.1, 0.15) is 0 Å². The zero-order chi connectivity index (χ0) is 19.3. The third kappa shape index (κ3) is 4.55. The first-order chi connectivity index (χ1) is 13.7. The molecule has 0 saturated carbocycles. The summed E-state index contributed by atoms with van der Waals surface area (Å²) in [6, 6.07) is 21.6. The summed E-state index contributed by atoms with van der Waals surface area (Å²) < 4.78 is 5.13. The predicted octanol–water partition coefficient (Wildman–Crippen LogP) is 4.51. The van der Waals surface area contributed by atoms with Crippen LogP contribution in [0.15, 0.2) is 71.1 Å². The average Bonchev–Trinajstić information content (AvgIpc) is 3.17. The number of amides is 1. The van der Waals surface area contributed by atoms with Crippen LogP contribution in [0.2, 0.25) is 5.22 Å². The molecule has 0 bridgehead atoms. The van der Waals surface area contributed by atoms with Gasteiger partial charge in [0.25, 0.3) is 5.91 Å². The van der Waals surface area contributed by atoms with E-state index in [-0.39, 0.29) is 16.9 Å². The summed E-state index contributed by atoms with van der Waals surface area (Å²) in [5.74, 6) is -0.113. The van der Waals surface area contributed by atoms with Gasteiger partial charge in [-0.05, 0) is 53.6 Å². The lowest BCUT2D eigenvalue weighted by molar-refractivity contribution is 0.0997. The van der Waals surface area contributed by atoms with Crippen molar-refractivity contribution in [3.8, 4) is 0 Å². The molecule has 6 heteroatoms. The SMILES string of the molecule is O=C(Nc1ccc(N2CCN(Cc3ccccc3)CC2)cc1)c1ccc(Cl)o1. The van der Waals surface area contributed by atoms with Crippen LogP contribution in [-0.2, 0) is 6.54 Å². The highest BCUT2D eigenvalue weighted by Gasteiger charge is 2.17. The van der Waals surface area contributed by atoms with Gasteiger partial charge in [-0.1, -0.05) is 30.3 Å². The van der Waals surface area contributed by atoms with Gasteiger partial charge in [-0.2, -0.15) is 0 Å². The third-order valence-electron chi connectivity index (χ3n) is 4.91. The summed E-state index contributed by atoms with van der Waals surface area (Å²) in [5.41, 5.74) is 3.25. The number of carbonyl (C=O) groups excluding carboxylic acids is 1. The first-order valence-corrected chi connectivity index (χ1v) is 9.73. The molecule has 1 fully saturated rings. The van der Waals surface area contributed by atoms with Crippen LogP contribution in [0, 0.1) is 0 Å². The maximum Gasteiger partial charge on any atom is 0.291 e. The molecule has 0 spiro atoms. The Morgan fingerprint density at radius 1 is 0.929 bits per heavy atom. The number of anilines is 2. The molecule has 1 aliphatic rings. The number of benzene rings is 2. The molecular formula is C22H22ClN3O2. The summed E-state index contributed by atoms with van der Waals surface area (Å²) in [6.07, 6.45) is 0. The van der Waals surface area contributed by atoms with E-state index in [1.54, 1.807) is 12.1 Å². The number of nitrogens with one attached hydrogen (secondary N) is 1. The Morgan fingerprint density at radius 3 is 2.29 bits per heavy atom. The van der Waals surface area contributed by atoms with Crippen LogP contribution in [0.3, 0.4) is 0 Å². The second kappa shape index (κ2) is 8.50. The molecule has 1 N–H and O–H groups in total. The van der Waals surface area contributed by atoms with Crippen LogP contribution >= 0.6 is 11.6 Å². The molecule has 1 amide bonds. The third-order valence-corrected chi connectivity index (χ3v) is 5.11. The Hall–Kier alpha value is -2.76. The molecule has 0 aliphatic carbocycles. The Labute approximate surface area is 169 Å². The lowest BCUT2D eigenvalue weighted by Gasteiger charge is -2.36. The zero-order valence-electron chi connectivity index (χ0n) is 15.5. The highest BCUT2D eigenvalue weighted by Crippen LogP contribution is 2.21. The topological polar surface area (TPSA) is 48.7 Å². The number of carbonyl (C=O) groups is 1. The van der Waals surface area contributed by atoms with Crippen molar-refractivity contribution < 1.29 is 9.21 Å². The van der Waals surface area contributed by atoms with Crippen LogP contribution in [0.25, 0.3) is 0 Å². The minimum atomic E-state index is -0.311. The van der Waals surface area contributed by atoms with Crippen molar-refractivity contribution in [3.05, 3.63) is 83.3 Å². The molecule has 2 heterocycles. The summed E-state index contributed by atoms with van der Waals surface area (Å²) in [4.78, 5) is 17.0. The maximum absolute atomic E-state index is 12.1. The number of halogens is 1. The Morgan fingerprint density at radius 2 is 1.64 bits per heavy atom. The molecule has 28 heavy (non-hydrogen) atoms. The molecular weight excluding hydrogens is 374 g/mol. The maximum atomic E-state index is 12.1. The first-order valence-electron chi connectivity index (χ1n) is 9.35. The summed E-state index contributed by atoms with van der Waals surface area (Å²) in [7, 11) is 0. The van der Waals surface area contributed by atoms with Crippen molar-refractivity contribution in [2.75, 3.05) is 36.4 Å². The fourth-order valence-corrected chi connectivity index (χ4v) is 3.54. The number of piperazine rings is 1. The Balaban J connectivity index is 1.30. The van der Waals surface area contributed by atoms with E-state index < -0.39 is 0 Å². The standard InChI is InChI=1S/C22H22ClN3O2/c23-21-11-10-20(28-21)22(27)24-18-6-8-19(9-7-18)26-14-12-25(13-15-26)16-17-4-2-1-3-5-17/h1-11H,12-16H2,(H,24,27). The lowest BCUT2D eigenvalue weighted by atomic mass is 10.2. The summed E-state index contributed by atoms with van der Waals surface area (Å²) in [5, 5.41) is 3.02. The molecule has 3 aromatic rings. The molecule has 2 aromatic carbocycles. The number of hydrogen-bond donors (Lipinski definition) is 1. The molecule has 0 unspecified atom stereocenters. The monoisotopic (exact) mass is 395 g/mol. The molecule has 0 atom stereocenters. The molecule has 0 radical (unpaired) electrons. The highest BCUT2D eigenvalue weighted by molar-refractivity contribution is 6.29. The van der Waals surface area contributed by atoms with Crippen LogP contribution in [0.5, 0.6) is 0 Å². The van der Waals surface area contributed by atoms with E-state index in [1.165, 1.54) is 11.3 Å². The summed E-state index contributed by atoms with van der Waals surface area (Å²) >= 11 is 5.71. The highest BCUT2D eigenvalue weighted by atomic mass is 35.5. The molecule has 4 rings (SSSR count). The number of furan rings is 1. The largest absolute Gasteiger partial charge is 0.440 e. The smallest absolute Gasteiger partial charge is 0.291 e. The van der Waals surface area contributed by atoms with Gasteiger partial charge >= 0.3 is 0 Å². The minimum absolute atomic E-state index is 0.198.